The molecule has 208 valence electrons. The number of hydrogen-bond donors (Lipinski definition) is 2. The number of fused-ring (bicyclic) bond motifs is 1. The predicted molar refractivity (Wildman–Crippen MR) is 156 cm³/mol. The average Bonchev–Trinajstić information content (AvgIpc) is 3.39. The lowest BCUT2D eigenvalue weighted by molar-refractivity contribution is 0.0815. The normalized spacial score (nSPS) is 20.4. The maximum Gasteiger partial charge on any atom is 0.259 e. The second-order valence-electron chi connectivity index (χ2n) is 10.8. The van der Waals surface area contributed by atoms with Gasteiger partial charge in [0.15, 0.2) is 5.65 Å². The molecule has 40 heavy (non-hydrogen) atoms. The zero-order valence-corrected chi connectivity index (χ0v) is 23.1. The molecule has 1 aliphatic heterocycles. The lowest BCUT2D eigenvalue weighted by Gasteiger charge is -2.41. The maximum atomic E-state index is 13.0. The summed E-state index contributed by atoms with van der Waals surface area (Å²) in [6.07, 6.45) is 5.88. The number of nitrogens with two attached hydrogens (primary N) is 1. The van der Waals surface area contributed by atoms with E-state index in [-0.39, 0.29) is 11.9 Å². The first kappa shape index (κ1) is 26.2. The number of rotatable bonds is 6. The number of piperazine rings is 1. The minimum absolute atomic E-state index is 0.243. The van der Waals surface area contributed by atoms with E-state index in [9.17, 15) is 4.79 Å². The topological polar surface area (TPSA) is 114 Å². The molecule has 2 aliphatic rings. The van der Waals surface area contributed by atoms with Crippen LogP contribution in [0.5, 0.6) is 5.75 Å². The monoisotopic (exact) mass is 540 g/mol. The fourth-order valence-electron chi connectivity index (χ4n) is 6.05. The summed E-state index contributed by atoms with van der Waals surface area (Å²) in [5.74, 6) is 0.601. The minimum atomic E-state index is -0.245. The number of methoxy groups -OCH3 is 1. The predicted octanol–water partition coefficient (Wildman–Crippen LogP) is 4.07. The number of aromatic nitrogens is 4. The highest BCUT2D eigenvalue weighted by Crippen LogP contribution is 2.38. The smallest absolute Gasteiger partial charge is 0.259 e. The third kappa shape index (κ3) is 5.12. The highest BCUT2D eigenvalue weighted by Gasteiger charge is 2.31. The molecular formula is C30H36N8O2. The molecule has 1 saturated heterocycles. The number of hydrogen-bond acceptors (Lipinski definition) is 8. The van der Waals surface area contributed by atoms with Gasteiger partial charge in [0.1, 0.15) is 23.6 Å². The molecule has 0 atom stereocenters. The van der Waals surface area contributed by atoms with Gasteiger partial charge in [-0.2, -0.15) is 5.10 Å². The highest BCUT2D eigenvalue weighted by atomic mass is 16.5. The largest absolute Gasteiger partial charge is 0.496 e. The van der Waals surface area contributed by atoms with Gasteiger partial charge in [-0.05, 0) is 57.0 Å². The van der Waals surface area contributed by atoms with E-state index < -0.39 is 0 Å². The molecule has 2 fully saturated rings. The lowest BCUT2D eigenvalue weighted by atomic mass is 9.90. The van der Waals surface area contributed by atoms with E-state index in [1.165, 1.54) is 6.33 Å². The van der Waals surface area contributed by atoms with Gasteiger partial charge >= 0.3 is 0 Å². The summed E-state index contributed by atoms with van der Waals surface area (Å²) >= 11 is 0. The minimum Gasteiger partial charge on any atom is -0.496 e. The number of amides is 1. The van der Waals surface area contributed by atoms with E-state index in [4.69, 9.17) is 15.6 Å². The number of ether oxygens (including phenoxy) is 1. The van der Waals surface area contributed by atoms with Crippen LogP contribution < -0.4 is 15.8 Å². The van der Waals surface area contributed by atoms with Crippen molar-refractivity contribution in [3.8, 4) is 17.0 Å². The van der Waals surface area contributed by atoms with Gasteiger partial charge in [0, 0.05) is 43.5 Å². The van der Waals surface area contributed by atoms with Gasteiger partial charge in [-0.15, -0.1) is 0 Å². The first-order valence-electron chi connectivity index (χ1n) is 14.0. The average molecular weight is 541 g/mol. The van der Waals surface area contributed by atoms with Crippen LogP contribution in [0.2, 0.25) is 0 Å². The summed E-state index contributed by atoms with van der Waals surface area (Å²) in [6, 6.07) is 15.7. The van der Waals surface area contributed by atoms with E-state index in [0.29, 0.717) is 28.9 Å². The van der Waals surface area contributed by atoms with Gasteiger partial charge in [-0.25, -0.2) is 14.6 Å². The van der Waals surface area contributed by atoms with Crippen LogP contribution in [0.25, 0.3) is 22.3 Å². The van der Waals surface area contributed by atoms with Crippen molar-refractivity contribution in [2.24, 2.45) is 0 Å². The Balaban J connectivity index is 1.27. The summed E-state index contributed by atoms with van der Waals surface area (Å²) in [4.78, 5) is 27.0. The van der Waals surface area contributed by atoms with Crippen molar-refractivity contribution in [3.63, 3.8) is 0 Å². The number of benzene rings is 2. The van der Waals surface area contributed by atoms with E-state index in [0.717, 1.165) is 74.1 Å². The van der Waals surface area contributed by atoms with E-state index in [1.807, 2.05) is 47.1 Å². The number of carbonyl (C=O) groups excluding carboxylic acids is 1. The van der Waals surface area contributed by atoms with Crippen LogP contribution in [-0.2, 0) is 0 Å². The number of nitrogens with one attached hydrogen (secondary N) is 1. The number of likely N-dealkylation sites (N-methyl/N-ethyl adjacent to an activating group) is 1. The Morgan fingerprint density at radius 3 is 2.42 bits per heavy atom. The summed E-state index contributed by atoms with van der Waals surface area (Å²) < 4.78 is 7.69. The molecule has 0 spiro atoms. The third-order valence-electron chi connectivity index (χ3n) is 8.34. The summed E-state index contributed by atoms with van der Waals surface area (Å²) in [6.45, 7) is 4.57. The lowest BCUT2D eigenvalue weighted by Crippen LogP contribution is -2.49. The van der Waals surface area contributed by atoms with E-state index >= 15 is 0 Å². The Morgan fingerprint density at radius 2 is 1.70 bits per heavy atom. The molecule has 10 heteroatoms. The van der Waals surface area contributed by atoms with Crippen molar-refractivity contribution in [1.82, 2.24) is 29.5 Å². The number of nitrogens with zero attached hydrogens (tertiary/aromatic N) is 6. The molecule has 1 saturated carbocycles. The Bertz CT molecular complexity index is 1490. The first-order valence-corrected chi connectivity index (χ1v) is 14.0. The standard InChI is InChI=1S/C30H36N8O2/c1-36-14-16-37(17-15-36)22-9-11-23(12-10-22)38-29-26(28(31)32-19-33-29)27(35-38)20-8-13-24(25(18-20)40-2)30(39)34-21-6-4-3-5-7-21/h3-8,13,18-19,22-23H,9-12,14-17H2,1-2H3,(H,34,39)(H2,31,32,33)/t22-,23-. The Kier molecular flexibility index (Phi) is 7.36. The van der Waals surface area contributed by atoms with E-state index in [1.54, 1.807) is 13.2 Å². The Hall–Kier alpha value is -4.02. The molecule has 2 aromatic heterocycles. The second kappa shape index (κ2) is 11.2. The van der Waals surface area contributed by atoms with Crippen LogP contribution in [0, 0.1) is 0 Å². The van der Waals surface area contributed by atoms with Crippen LogP contribution in [0.1, 0.15) is 42.1 Å². The van der Waals surface area contributed by atoms with Gasteiger partial charge in [0.2, 0.25) is 0 Å². The van der Waals surface area contributed by atoms with Crippen LogP contribution >= 0.6 is 0 Å². The van der Waals surface area contributed by atoms with Crippen molar-refractivity contribution in [2.75, 3.05) is 51.4 Å². The summed E-state index contributed by atoms with van der Waals surface area (Å²) in [7, 11) is 3.76. The number of para-hydroxylation sites is 1. The second-order valence-corrected chi connectivity index (χ2v) is 10.8. The van der Waals surface area contributed by atoms with Crippen molar-refractivity contribution in [2.45, 2.75) is 37.8 Å². The van der Waals surface area contributed by atoms with Crippen molar-refractivity contribution < 1.29 is 9.53 Å². The Labute approximate surface area is 234 Å². The zero-order chi connectivity index (χ0) is 27.6. The highest BCUT2D eigenvalue weighted by molar-refractivity contribution is 6.07. The molecular weight excluding hydrogens is 504 g/mol. The van der Waals surface area contributed by atoms with Gasteiger partial charge in [0.05, 0.1) is 24.1 Å². The van der Waals surface area contributed by atoms with Gasteiger partial charge < -0.3 is 20.7 Å². The van der Waals surface area contributed by atoms with Gasteiger partial charge in [0.25, 0.3) is 5.91 Å². The quantitative estimate of drug-likeness (QED) is 0.376. The fraction of sp³-hybridized carbons (Fsp3) is 0.400. The molecule has 0 unspecified atom stereocenters. The molecule has 1 amide bonds. The molecule has 3 heterocycles. The summed E-state index contributed by atoms with van der Waals surface area (Å²) in [5.41, 5.74) is 9.78. The maximum absolute atomic E-state index is 13.0. The molecule has 4 aromatic rings. The Morgan fingerprint density at radius 1 is 0.975 bits per heavy atom. The number of carbonyl (C=O) groups is 1. The van der Waals surface area contributed by atoms with Gasteiger partial charge in [-0.3, -0.25) is 9.69 Å². The third-order valence-corrected chi connectivity index (χ3v) is 8.34. The molecule has 10 nitrogen and oxygen atoms in total. The summed E-state index contributed by atoms with van der Waals surface area (Å²) in [5, 5.41) is 8.72. The fourth-order valence-corrected chi connectivity index (χ4v) is 6.05. The molecule has 3 N–H and O–H groups in total. The molecule has 0 radical (unpaired) electrons. The molecule has 0 bridgehead atoms. The van der Waals surface area contributed by atoms with Crippen LogP contribution in [0.15, 0.2) is 54.9 Å². The number of anilines is 2. The SMILES string of the molecule is COc1cc(-c2nn([C@H]3CC[C@H](N4CCN(C)CC4)CC3)c3ncnc(N)c23)ccc1C(=O)Nc1ccccc1. The van der Waals surface area contributed by atoms with Crippen molar-refractivity contribution in [3.05, 3.63) is 60.4 Å². The molecule has 6 rings (SSSR count). The first-order chi connectivity index (χ1) is 19.5. The van der Waals surface area contributed by atoms with Crippen molar-refractivity contribution >= 4 is 28.4 Å². The molecule has 1 aliphatic carbocycles. The molecule has 2 aromatic carbocycles. The van der Waals surface area contributed by atoms with E-state index in [2.05, 4.69) is 32.1 Å². The van der Waals surface area contributed by atoms with Crippen LogP contribution in [0.4, 0.5) is 11.5 Å². The van der Waals surface area contributed by atoms with Crippen LogP contribution in [-0.4, -0.2) is 81.8 Å². The number of nitrogen functional groups attached to an aromatic ring is 1. The zero-order valence-electron chi connectivity index (χ0n) is 23.1. The van der Waals surface area contributed by atoms with Crippen molar-refractivity contribution in [1.29, 1.82) is 0 Å². The van der Waals surface area contributed by atoms with Gasteiger partial charge in [-0.1, -0.05) is 24.3 Å². The van der Waals surface area contributed by atoms with Crippen LogP contribution in [0.3, 0.4) is 0 Å².